The van der Waals surface area contributed by atoms with Crippen LogP contribution in [-0.2, 0) is 10.8 Å². The minimum Gasteiger partial charge on any atom is -0.309 e. The van der Waals surface area contributed by atoms with E-state index in [4.69, 9.17) is 4.98 Å². The molecule has 3 aliphatic heterocycles. The maximum Gasteiger partial charge on any atom is 0.267 e. The van der Waals surface area contributed by atoms with Crippen LogP contribution in [0.2, 0.25) is 0 Å². The highest BCUT2D eigenvalue weighted by Gasteiger charge is 2.44. The monoisotopic (exact) mass is 634 g/mol. The van der Waals surface area contributed by atoms with Crippen molar-refractivity contribution in [2.24, 2.45) is 0 Å². The molecule has 4 heterocycles. The fraction of sp³-hybridized carbons (Fsp3) is 0.136. The summed E-state index contributed by atoms with van der Waals surface area (Å²) in [6.45, 7) is 9.17. The molecule has 0 radical (unpaired) electrons. The summed E-state index contributed by atoms with van der Waals surface area (Å²) in [5.74, 6) is 0.617. The summed E-state index contributed by atoms with van der Waals surface area (Å²) in [5, 5.41) is 0. The average molecular weight is 635 g/mol. The molecule has 0 bridgehead atoms. The first-order valence-corrected chi connectivity index (χ1v) is 17.0. The van der Waals surface area contributed by atoms with Crippen LogP contribution in [0, 0.1) is 0 Å². The van der Waals surface area contributed by atoms with E-state index in [-0.39, 0.29) is 16.7 Å². The first-order valence-electron chi connectivity index (χ1n) is 17.0. The highest BCUT2D eigenvalue weighted by Crippen LogP contribution is 2.58. The fourth-order valence-electron chi connectivity index (χ4n) is 8.76. The van der Waals surface area contributed by atoms with Gasteiger partial charge in [-0.2, -0.15) is 0 Å². The predicted molar refractivity (Wildman–Crippen MR) is 199 cm³/mol. The number of carbonyl (C=O) groups excluding carboxylic acids is 1. The molecule has 1 aromatic heterocycles. The highest BCUT2D eigenvalue weighted by molar-refractivity contribution is 6.20. The van der Waals surface area contributed by atoms with Crippen molar-refractivity contribution in [1.82, 2.24) is 9.55 Å². The molecule has 3 aliphatic rings. The number of para-hydroxylation sites is 6. The van der Waals surface area contributed by atoms with Crippen molar-refractivity contribution in [2.45, 2.75) is 38.5 Å². The summed E-state index contributed by atoms with van der Waals surface area (Å²) in [6, 6.07) is 46.8. The largest absolute Gasteiger partial charge is 0.309 e. The lowest BCUT2D eigenvalue weighted by molar-refractivity contribution is 0.0974. The van der Waals surface area contributed by atoms with Crippen LogP contribution in [0.15, 0.2) is 133 Å². The van der Waals surface area contributed by atoms with E-state index in [2.05, 4.69) is 147 Å². The van der Waals surface area contributed by atoms with Gasteiger partial charge >= 0.3 is 0 Å². The molecule has 0 fully saturated rings. The average Bonchev–Trinajstić information content (AvgIpc) is 3.64. The van der Waals surface area contributed by atoms with Gasteiger partial charge in [-0.25, -0.2) is 4.98 Å². The normalized spacial score (nSPS) is 16.0. The molecule has 5 nitrogen and oxygen atoms in total. The van der Waals surface area contributed by atoms with Gasteiger partial charge in [0.2, 0.25) is 0 Å². The van der Waals surface area contributed by atoms with Crippen molar-refractivity contribution >= 4 is 51.1 Å². The molecule has 0 N–H and O–H groups in total. The molecule has 10 rings (SSSR count). The van der Waals surface area contributed by atoms with Crippen LogP contribution in [0.3, 0.4) is 0 Å². The maximum absolute atomic E-state index is 15.1. The van der Waals surface area contributed by atoms with Crippen molar-refractivity contribution in [3.8, 4) is 11.4 Å². The quantitative estimate of drug-likeness (QED) is 0.190. The smallest absolute Gasteiger partial charge is 0.267 e. The lowest BCUT2D eigenvalue weighted by atomic mass is 9.73. The van der Waals surface area contributed by atoms with E-state index >= 15 is 4.79 Å². The van der Waals surface area contributed by atoms with Gasteiger partial charge in [-0.15, -0.1) is 0 Å². The molecular formula is C44H34N4O. The van der Waals surface area contributed by atoms with Gasteiger partial charge in [-0.3, -0.25) is 9.36 Å². The van der Waals surface area contributed by atoms with Crippen LogP contribution in [0.25, 0.3) is 22.4 Å². The zero-order valence-corrected chi connectivity index (χ0v) is 27.9. The fourth-order valence-corrected chi connectivity index (χ4v) is 8.76. The Kier molecular flexibility index (Phi) is 5.49. The Hall–Kier alpha value is -5.94. The van der Waals surface area contributed by atoms with E-state index in [1.54, 1.807) is 0 Å². The minimum atomic E-state index is -0.214. The van der Waals surface area contributed by atoms with E-state index in [0.717, 1.165) is 50.7 Å². The second kappa shape index (κ2) is 9.57. The molecule has 0 aliphatic carbocycles. The number of aromatic nitrogens is 2. The summed E-state index contributed by atoms with van der Waals surface area (Å²) in [7, 11) is 0. The van der Waals surface area contributed by atoms with Crippen LogP contribution in [0.5, 0.6) is 0 Å². The zero-order chi connectivity index (χ0) is 33.2. The van der Waals surface area contributed by atoms with Crippen molar-refractivity contribution in [3.05, 3.63) is 161 Å². The van der Waals surface area contributed by atoms with Gasteiger partial charge in [0.25, 0.3) is 5.91 Å². The topological polar surface area (TPSA) is 41.4 Å². The standard InChI is InChI=1S/C44H34N4O/c1-43(2)27-15-5-10-20-32(27)46(33-21-11-6-16-28(33)43)37-25-26-38(40-39(37)41-45-31-19-9-14-24-36(31)48(41)42(40)49)47-34-22-12-7-17-29(34)44(3,4)30-18-8-13-23-35(30)47/h5-26H,1-4H3. The first-order chi connectivity index (χ1) is 23.8. The third kappa shape index (κ3) is 3.54. The Morgan fingerprint density at radius 1 is 0.449 bits per heavy atom. The third-order valence-corrected chi connectivity index (χ3v) is 11.1. The van der Waals surface area contributed by atoms with Crippen LogP contribution >= 0.6 is 0 Å². The molecule has 7 aromatic rings. The van der Waals surface area contributed by atoms with Gasteiger partial charge in [-0.1, -0.05) is 113 Å². The van der Waals surface area contributed by atoms with Gasteiger partial charge in [0.05, 0.1) is 56.3 Å². The number of anilines is 6. The minimum absolute atomic E-state index is 0.0609. The van der Waals surface area contributed by atoms with Gasteiger partial charge in [0, 0.05) is 10.8 Å². The van der Waals surface area contributed by atoms with Crippen molar-refractivity contribution < 1.29 is 4.79 Å². The zero-order valence-electron chi connectivity index (χ0n) is 27.9. The number of fused-ring (bicyclic) bond motifs is 9. The molecule has 0 unspecified atom stereocenters. The summed E-state index contributed by atoms with van der Waals surface area (Å²) in [4.78, 5) is 24.9. The van der Waals surface area contributed by atoms with Gasteiger partial charge in [0.1, 0.15) is 0 Å². The number of benzene rings is 6. The molecule has 0 atom stereocenters. The molecular weight excluding hydrogens is 601 g/mol. The lowest BCUT2D eigenvalue weighted by Crippen LogP contribution is -2.32. The Morgan fingerprint density at radius 2 is 0.837 bits per heavy atom. The van der Waals surface area contributed by atoms with Crippen LogP contribution in [0.1, 0.15) is 60.3 Å². The molecule has 236 valence electrons. The first kappa shape index (κ1) is 28.1. The summed E-state index contributed by atoms with van der Waals surface area (Å²) < 4.78 is 1.82. The van der Waals surface area contributed by atoms with Gasteiger partial charge in [0.15, 0.2) is 5.82 Å². The second-order valence-electron chi connectivity index (χ2n) is 14.4. The van der Waals surface area contributed by atoms with Crippen molar-refractivity contribution in [2.75, 3.05) is 9.80 Å². The lowest BCUT2D eigenvalue weighted by Gasteiger charge is -2.43. The summed E-state index contributed by atoms with van der Waals surface area (Å²) in [5.41, 5.74) is 13.8. The molecule has 0 spiro atoms. The number of rotatable bonds is 2. The van der Waals surface area contributed by atoms with Crippen LogP contribution in [-0.4, -0.2) is 15.5 Å². The Labute approximate surface area is 285 Å². The van der Waals surface area contributed by atoms with Crippen molar-refractivity contribution in [3.63, 3.8) is 0 Å². The summed E-state index contributed by atoms with van der Waals surface area (Å²) >= 11 is 0. The van der Waals surface area contributed by atoms with Crippen LogP contribution in [0.4, 0.5) is 34.1 Å². The number of hydrogen-bond acceptors (Lipinski definition) is 4. The van der Waals surface area contributed by atoms with E-state index in [1.165, 1.54) is 22.3 Å². The molecule has 0 saturated heterocycles. The number of imidazole rings is 1. The van der Waals surface area contributed by atoms with E-state index < -0.39 is 0 Å². The molecule has 5 heteroatoms. The molecule has 6 aromatic carbocycles. The number of carbonyl (C=O) groups is 1. The number of hydrogen-bond donors (Lipinski definition) is 0. The van der Waals surface area contributed by atoms with E-state index in [1.807, 2.05) is 28.8 Å². The molecule has 0 saturated carbocycles. The highest BCUT2D eigenvalue weighted by atomic mass is 16.2. The second-order valence-corrected chi connectivity index (χ2v) is 14.4. The summed E-state index contributed by atoms with van der Waals surface area (Å²) in [6.07, 6.45) is 0. The maximum atomic E-state index is 15.1. The van der Waals surface area contributed by atoms with E-state index in [9.17, 15) is 0 Å². The van der Waals surface area contributed by atoms with Crippen LogP contribution < -0.4 is 9.80 Å². The van der Waals surface area contributed by atoms with E-state index in [0.29, 0.717) is 11.4 Å². The van der Waals surface area contributed by atoms with Gasteiger partial charge in [-0.05, 0) is 70.8 Å². The Balaban J connectivity index is 1.32. The van der Waals surface area contributed by atoms with Crippen molar-refractivity contribution in [1.29, 1.82) is 0 Å². The SMILES string of the molecule is CC1(C)c2ccccc2N(c2ccc(N3c4ccccc4C(C)(C)c4ccccc43)c3c2C(=O)n2c-3nc3ccccc32)c2ccccc21. The predicted octanol–water partition coefficient (Wildman–Crippen LogP) is 10.9. The third-order valence-electron chi connectivity index (χ3n) is 11.1. The Bertz CT molecular complexity index is 2460. The number of nitrogens with zero attached hydrogens (tertiary/aromatic N) is 4. The van der Waals surface area contributed by atoms with Gasteiger partial charge < -0.3 is 9.80 Å². The molecule has 0 amide bonds. The Morgan fingerprint density at radius 3 is 1.31 bits per heavy atom. The molecule has 49 heavy (non-hydrogen) atoms.